The first-order valence-electron chi connectivity index (χ1n) is 7.94. The molecular formula is C15H21BrINO6S. The third-order valence-electron chi connectivity index (χ3n) is 3.92. The van der Waals surface area contributed by atoms with Gasteiger partial charge in [-0.05, 0) is 20.3 Å². The van der Waals surface area contributed by atoms with Crippen LogP contribution in [0.5, 0.6) is 0 Å². The Labute approximate surface area is 173 Å². The van der Waals surface area contributed by atoms with Gasteiger partial charge >= 0.3 is 12.1 Å². The fourth-order valence-corrected chi connectivity index (χ4v) is 5.84. The van der Waals surface area contributed by atoms with E-state index in [1.807, 2.05) is 43.4 Å². The monoisotopic (exact) mass is 549 g/mol. The summed E-state index contributed by atoms with van der Waals surface area (Å²) < 4.78 is 13.8. The number of alkyl halides is 2. The number of hydrogen-bond donors (Lipinski definition) is 0. The normalized spacial score (nSPS) is 31.0. The van der Waals surface area contributed by atoms with Crippen molar-refractivity contribution in [3.63, 3.8) is 0 Å². The van der Waals surface area contributed by atoms with Crippen LogP contribution in [0.3, 0.4) is 0 Å². The molecule has 0 bridgehead atoms. The van der Waals surface area contributed by atoms with Crippen molar-refractivity contribution >= 4 is 68.3 Å². The highest BCUT2D eigenvalue weighted by atomic mass is 127. The standard InChI is InChI=1S/C15H21BrINO6S/c1-5-6-7-22-13(21)24-8(2)23-10(19)9-14(3,4)25-12-15(16,17)11(20)18(9)12/h8-9,12H,5-7H2,1-4H3/t8?,9-,12+,15+/m0/s1. The molecule has 2 heterocycles. The molecule has 2 rings (SSSR count). The lowest BCUT2D eigenvalue weighted by molar-refractivity contribution is -0.179. The van der Waals surface area contributed by atoms with Gasteiger partial charge in [0, 0.05) is 11.7 Å². The Kier molecular flexibility index (Phi) is 6.57. The van der Waals surface area contributed by atoms with Gasteiger partial charge in [-0.1, -0.05) is 51.9 Å². The predicted octanol–water partition coefficient (Wildman–Crippen LogP) is 3.42. The number of nitrogens with zero attached hydrogens (tertiary/aromatic N) is 1. The Bertz CT molecular complexity index is 572. The number of carbonyl (C=O) groups excluding carboxylic acids is 3. The summed E-state index contributed by atoms with van der Waals surface area (Å²) in [5.74, 6) is -0.757. The molecule has 25 heavy (non-hydrogen) atoms. The molecule has 142 valence electrons. The second-order valence-corrected chi connectivity index (χ2v) is 12.6. The maximum Gasteiger partial charge on any atom is 0.511 e. The maximum absolute atomic E-state index is 12.6. The third kappa shape index (κ3) is 4.20. The van der Waals surface area contributed by atoms with E-state index in [0.717, 1.165) is 12.8 Å². The minimum Gasteiger partial charge on any atom is -0.434 e. The van der Waals surface area contributed by atoms with Crippen LogP contribution in [0.25, 0.3) is 0 Å². The molecule has 0 N–H and O–H groups in total. The molecule has 0 aliphatic carbocycles. The summed E-state index contributed by atoms with van der Waals surface area (Å²) >= 11 is 7.00. The Morgan fingerprint density at radius 3 is 2.64 bits per heavy atom. The fraction of sp³-hybridized carbons (Fsp3) is 0.800. The lowest BCUT2D eigenvalue weighted by Gasteiger charge is -2.46. The summed E-state index contributed by atoms with van der Waals surface area (Å²) in [6.45, 7) is 7.45. The van der Waals surface area contributed by atoms with Crippen LogP contribution in [0, 0.1) is 0 Å². The molecule has 2 aliphatic rings. The average molecular weight is 550 g/mol. The summed E-state index contributed by atoms with van der Waals surface area (Å²) in [6.07, 6.45) is -0.340. The molecule has 2 saturated heterocycles. The van der Waals surface area contributed by atoms with Crippen LogP contribution < -0.4 is 0 Å². The molecule has 1 unspecified atom stereocenters. The lowest BCUT2D eigenvalue weighted by Crippen LogP contribution is -2.68. The molecule has 2 fully saturated rings. The van der Waals surface area contributed by atoms with E-state index in [1.165, 1.54) is 23.6 Å². The zero-order valence-electron chi connectivity index (χ0n) is 14.4. The van der Waals surface area contributed by atoms with E-state index in [0.29, 0.717) is 0 Å². The highest BCUT2D eigenvalue weighted by molar-refractivity contribution is 14.1. The molecule has 10 heteroatoms. The number of thioether (sulfide) groups is 1. The Morgan fingerprint density at radius 2 is 2.04 bits per heavy atom. The second-order valence-electron chi connectivity index (χ2n) is 6.39. The molecule has 0 aromatic rings. The summed E-state index contributed by atoms with van der Waals surface area (Å²) in [5, 5.41) is -0.150. The molecule has 0 radical (unpaired) electrons. The van der Waals surface area contributed by atoms with E-state index < -0.39 is 31.5 Å². The van der Waals surface area contributed by atoms with Crippen molar-refractivity contribution in [2.75, 3.05) is 6.61 Å². The van der Waals surface area contributed by atoms with Crippen LogP contribution in [0.2, 0.25) is 0 Å². The number of unbranched alkanes of at least 4 members (excludes halogenated alkanes) is 1. The predicted molar refractivity (Wildman–Crippen MR) is 105 cm³/mol. The van der Waals surface area contributed by atoms with Gasteiger partial charge in [-0.15, -0.1) is 11.8 Å². The highest BCUT2D eigenvalue weighted by Crippen LogP contribution is 2.60. The van der Waals surface area contributed by atoms with Crippen molar-refractivity contribution in [3.05, 3.63) is 0 Å². The van der Waals surface area contributed by atoms with E-state index in [9.17, 15) is 14.4 Å². The van der Waals surface area contributed by atoms with Crippen LogP contribution in [0.1, 0.15) is 40.5 Å². The number of carbonyl (C=O) groups is 3. The summed E-state index contributed by atoms with van der Waals surface area (Å²) in [6, 6.07) is -0.738. The summed E-state index contributed by atoms with van der Waals surface area (Å²) in [5.41, 5.74) is 0. The van der Waals surface area contributed by atoms with Crippen molar-refractivity contribution in [2.45, 2.75) is 65.3 Å². The van der Waals surface area contributed by atoms with Gasteiger partial charge in [0.1, 0.15) is 11.4 Å². The Balaban J connectivity index is 1.94. The number of halogens is 2. The SMILES string of the molecule is CCCCOC(=O)OC(C)OC(=O)[C@@H]1N2C(=O)[C@@](Br)(I)[C@H]2SC1(C)C. The first-order chi connectivity index (χ1) is 11.5. The minimum atomic E-state index is -1.09. The third-order valence-corrected chi connectivity index (χ3v) is 8.10. The second kappa shape index (κ2) is 7.79. The van der Waals surface area contributed by atoms with Crippen LogP contribution >= 0.6 is 50.3 Å². The zero-order chi connectivity index (χ0) is 19.0. The highest BCUT2D eigenvalue weighted by Gasteiger charge is 2.70. The van der Waals surface area contributed by atoms with Gasteiger partial charge in [0.2, 0.25) is 6.29 Å². The zero-order valence-corrected chi connectivity index (χ0v) is 19.0. The number of esters is 1. The van der Waals surface area contributed by atoms with Crippen LogP contribution in [0.4, 0.5) is 4.79 Å². The van der Waals surface area contributed by atoms with Crippen molar-refractivity contribution in [1.29, 1.82) is 0 Å². The van der Waals surface area contributed by atoms with E-state index in [4.69, 9.17) is 14.2 Å². The average Bonchev–Trinajstić information content (AvgIpc) is 2.77. The first-order valence-corrected chi connectivity index (χ1v) is 10.7. The van der Waals surface area contributed by atoms with E-state index >= 15 is 0 Å². The van der Waals surface area contributed by atoms with Crippen LogP contribution in [0.15, 0.2) is 0 Å². The van der Waals surface area contributed by atoms with Gasteiger partial charge in [0.25, 0.3) is 5.91 Å². The number of fused-ring (bicyclic) bond motifs is 1. The molecule has 0 aromatic heterocycles. The van der Waals surface area contributed by atoms with Gasteiger partial charge in [-0.25, -0.2) is 9.59 Å². The van der Waals surface area contributed by atoms with Gasteiger partial charge in [-0.2, -0.15) is 0 Å². The summed E-state index contributed by atoms with van der Waals surface area (Å²) in [7, 11) is 0. The molecule has 0 saturated carbocycles. The quantitative estimate of drug-likeness (QED) is 0.125. The van der Waals surface area contributed by atoms with Crippen molar-refractivity contribution in [2.24, 2.45) is 0 Å². The van der Waals surface area contributed by atoms with Crippen molar-refractivity contribution < 1.29 is 28.6 Å². The first kappa shape index (κ1) is 21.1. The van der Waals surface area contributed by atoms with Crippen molar-refractivity contribution in [3.8, 4) is 0 Å². The van der Waals surface area contributed by atoms with Crippen LogP contribution in [-0.2, 0) is 23.8 Å². The largest absolute Gasteiger partial charge is 0.511 e. The molecule has 4 atom stereocenters. The molecule has 7 nitrogen and oxygen atoms in total. The fourth-order valence-electron chi connectivity index (χ4n) is 2.68. The smallest absolute Gasteiger partial charge is 0.434 e. The number of β-lactam (4-membered cyclic amide) rings is 1. The summed E-state index contributed by atoms with van der Waals surface area (Å²) in [4.78, 5) is 37.9. The number of ether oxygens (including phenoxy) is 3. The Morgan fingerprint density at radius 1 is 1.40 bits per heavy atom. The van der Waals surface area contributed by atoms with Gasteiger partial charge in [-0.3, -0.25) is 4.79 Å². The molecular weight excluding hydrogens is 529 g/mol. The number of rotatable bonds is 6. The topological polar surface area (TPSA) is 82.1 Å². The minimum absolute atomic E-state index is 0.150. The van der Waals surface area contributed by atoms with E-state index in [2.05, 4.69) is 15.9 Å². The van der Waals surface area contributed by atoms with Gasteiger partial charge < -0.3 is 19.1 Å². The number of amides is 1. The molecule has 1 amide bonds. The van der Waals surface area contributed by atoms with Gasteiger partial charge in [0.05, 0.1) is 6.61 Å². The molecule has 2 aliphatic heterocycles. The molecule has 0 spiro atoms. The van der Waals surface area contributed by atoms with Gasteiger partial charge in [0.15, 0.2) is 2.33 Å². The van der Waals surface area contributed by atoms with Crippen LogP contribution in [-0.4, -0.2) is 54.3 Å². The number of hydrogen-bond acceptors (Lipinski definition) is 7. The molecule has 0 aromatic carbocycles. The van der Waals surface area contributed by atoms with E-state index in [1.54, 1.807) is 0 Å². The maximum atomic E-state index is 12.6. The Hall–Kier alpha value is -0.230. The lowest BCUT2D eigenvalue weighted by atomic mass is 9.98. The van der Waals surface area contributed by atoms with E-state index in [-0.39, 0.29) is 17.9 Å². The van der Waals surface area contributed by atoms with Crippen molar-refractivity contribution in [1.82, 2.24) is 4.90 Å².